The number of imidazole rings is 1. The van der Waals surface area contributed by atoms with Crippen LogP contribution in [0.2, 0.25) is 5.02 Å². The van der Waals surface area contributed by atoms with Gasteiger partial charge >= 0.3 is 0 Å². The number of aromatic nitrogens is 2. The molecule has 0 spiro atoms. The zero-order chi connectivity index (χ0) is 24.8. The van der Waals surface area contributed by atoms with Gasteiger partial charge in [-0.25, -0.2) is 4.98 Å². The fourth-order valence-electron chi connectivity index (χ4n) is 3.64. The van der Waals surface area contributed by atoms with Crippen molar-refractivity contribution in [2.75, 3.05) is 34.3 Å². The first kappa shape index (κ1) is 25.3. The summed E-state index contributed by atoms with van der Waals surface area (Å²) in [7, 11) is 5.03. The van der Waals surface area contributed by atoms with Crippen molar-refractivity contribution in [1.29, 1.82) is 5.41 Å². The number of ether oxygens (including phenoxy) is 1. The standard InChI is InChI=1S/C25H31ClN6O2/c1-16(29-2)20(24(28)25(33)31(3)4)10-12-34-22-13-18(26)6-7-21(22)17-5-8-23-30-14-19(9-11-27)32(23)15-17/h5-8,13-15,28-29H,9-12,27H2,1-4H3/b20-16-,28-24?. The maximum absolute atomic E-state index is 12.3. The number of amides is 1. The normalized spacial score (nSPS) is 11.8. The van der Waals surface area contributed by atoms with E-state index in [0.29, 0.717) is 29.3 Å². The van der Waals surface area contributed by atoms with E-state index >= 15 is 0 Å². The molecule has 9 heteroatoms. The Morgan fingerprint density at radius 2 is 2.06 bits per heavy atom. The number of nitrogens with two attached hydrogens (primary N) is 1. The highest BCUT2D eigenvalue weighted by atomic mass is 35.5. The number of carbonyl (C=O) groups is 1. The lowest BCUT2D eigenvalue weighted by Crippen LogP contribution is -2.32. The van der Waals surface area contributed by atoms with E-state index in [0.717, 1.165) is 34.6 Å². The minimum Gasteiger partial charge on any atom is -0.493 e. The van der Waals surface area contributed by atoms with Crippen LogP contribution in [0, 0.1) is 5.41 Å². The van der Waals surface area contributed by atoms with E-state index in [1.165, 1.54) is 4.90 Å². The fraction of sp³-hybridized carbons (Fsp3) is 0.320. The quantitative estimate of drug-likeness (QED) is 0.383. The van der Waals surface area contributed by atoms with Gasteiger partial charge in [0, 0.05) is 79.5 Å². The summed E-state index contributed by atoms with van der Waals surface area (Å²) in [4.78, 5) is 18.2. The van der Waals surface area contributed by atoms with Crippen molar-refractivity contribution in [2.24, 2.45) is 5.73 Å². The number of allylic oxidation sites excluding steroid dienone is 1. The van der Waals surface area contributed by atoms with Gasteiger partial charge < -0.3 is 25.1 Å². The van der Waals surface area contributed by atoms with Crippen molar-refractivity contribution >= 4 is 28.9 Å². The van der Waals surface area contributed by atoms with Crippen LogP contribution >= 0.6 is 11.6 Å². The highest BCUT2D eigenvalue weighted by Gasteiger charge is 2.19. The zero-order valence-electron chi connectivity index (χ0n) is 20.0. The largest absolute Gasteiger partial charge is 0.493 e. The van der Waals surface area contributed by atoms with Crippen molar-refractivity contribution in [3.8, 4) is 16.9 Å². The van der Waals surface area contributed by atoms with Gasteiger partial charge in [0.2, 0.25) is 0 Å². The number of benzene rings is 1. The SMILES string of the molecule is CN/C(C)=C(/CCOc1cc(Cl)ccc1-c1ccc2ncc(CCN)n2c1)C(=N)C(=O)N(C)C. The Balaban J connectivity index is 1.87. The van der Waals surface area contributed by atoms with Gasteiger partial charge in [0.1, 0.15) is 17.1 Å². The van der Waals surface area contributed by atoms with Gasteiger partial charge in [-0.2, -0.15) is 0 Å². The number of fused-ring (bicyclic) bond motifs is 1. The molecule has 3 rings (SSSR count). The van der Waals surface area contributed by atoms with Crippen LogP contribution < -0.4 is 15.8 Å². The van der Waals surface area contributed by atoms with Gasteiger partial charge in [-0.3, -0.25) is 10.2 Å². The topological polar surface area (TPSA) is 109 Å². The van der Waals surface area contributed by atoms with Gasteiger partial charge in [0.25, 0.3) is 5.91 Å². The number of pyridine rings is 1. The smallest absolute Gasteiger partial charge is 0.271 e. The molecule has 0 aliphatic heterocycles. The maximum atomic E-state index is 12.3. The van der Waals surface area contributed by atoms with E-state index in [4.69, 9.17) is 27.5 Å². The minimum atomic E-state index is -0.352. The number of rotatable bonds is 10. The summed E-state index contributed by atoms with van der Waals surface area (Å²) in [6.07, 6.45) is 4.98. The third kappa shape index (κ3) is 5.58. The molecule has 3 aromatic rings. The molecule has 4 N–H and O–H groups in total. The Morgan fingerprint density at radius 3 is 2.74 bits per heavy atom. The van der Waals surface area contributed by atoms with Crippen LogP contribution in [0.5, 0.6) is 5.75 Å². The molecule has 2 heterocycles. The summed E-state index contributed by atoms with van der Waals surface area (Å²) >= 11 is 6.28. The van der Waals surface area contributed by atoms with Crippen LogP contribution in [0.4, 0.5) is 0 Å². The van der Waals surface area contributed by atoms with E-state index < -0.39 is 0 Å². The first-order valence-corrected chi connectivity index (χ1v) is 11.4. The average molecular weight is 483 g/mol. The lowest BCUT2D eigenvalue weighted by molar-refractivity contribution is -0.121. The third-order valence-corrected chi connectivity index (χ3v) is 5.83. The maximum Gasteiger partial charge on any atom is 0.271 e. The number of hydrogen-bond acceptors (Lipinski definition) is 6. The Kier molecular flexibility index (Phi) is 8.31. The van der Waals surface area contributed by atoms with Crippen LogP contribution in [-0.2, 0) is 11.2 Å². The van der Waals surface area contributed by atoms with Crippen molar-refractivity contribution in [2.45, 2.75) is 19.8 Å². The van der Waals surface area contributed by atoms with Crippen LogP contribution in [0.25, 0.3) is 16.8 Å². The summed E-state index contributed by atoms with van der Waals surface area (Å²) in [5.41, 5.74) is 10.8. The zero-order valence-corrected chi connectivity index (χ0v) is 20.7. The molecule has 8 nitrogen and oxygen atoms in total. The molecule has 0 bridgehead atoms. The van der Waals surface area contributed by atoms with Crippen LogP contribution in [0.3, 0.4) is 0 Å². The van der Waals surface area contributed by atoms with E-state index in [2.05, 4.69) is 10.3 Å². The first-order chi connectivity index (χ1) is 16.3. The summed E-state index contributed by atoms with van der Waals surface area (Å²) in [5, 5.41) is 11.9. The van der Waals surface area contributed by atoms with Crippen molar-refractivity contribution < 1.29 is 9.53 Å². The Morgan fingerprint density at radius 1 is 1.29 bits per heavy atom. The number of carbonyl (C=O) groups excluding carboxylic acids is 1. The lowest BCUT2D eigenvalue weighted by Gasteiger charge is -2.18. The van der Waals surface area contributed by atoms with Gasteiger partial charge in [-0.05, 0) is 43.8 Å². The molecule has 2 aromatic heterocycles. The van der Waals surface area contributed by atoms with Crippen LogP contribution in [0.1, 0.15) is 19.0 Å². The van der Waals surface area contributed by atoms with E-state index in [9.17, 15) is 4.79 Å². The molecule has 0 aliphatic rings. The Labute approximate surface area is 204 Å². The minimum absolute atomic E-state index is 0.0511. The number of nitrogens with one attached hydrogen (secondary N) is 2. The van der Waals surface area contributed by atoms with Crippen molar-refractivity contribution in [1.82, 2.24) is 19.6 Å². The molecule has 0 unspecified atom stereocenters. The van der Waals surface area contributed by atoms with E-state index in [1.54, 1.807) is 27.2 Å². The van der Waals surface area contributed by atoms with Crippen LogP contribution in [0.15, 0.2) is 54.0 Å². The molecule has 34 heavy (non-hydrogen) atoms. The number of hydrogen-bond donors (Lipinski definition) is 3. The molecular formula is C25H31ClN6O2. The highest BCUT2D eigenvalue weighted by Crippen LogP contribution is 2.33. The second-order valence-corrected chi connectivity index (χ2v) is 8.54. The fourth-order valence-corrected chi connectivity index (χ4v) is 3.81. The lowest BCUT2D eigenvalue weighted by atomic mass is 10.0. The molecule has 0 radical (unpaired) electrons. The summed E-state index contributed by atoms with van der Waals surface area (Å²) in [5.74, 6) is 0.272. The predicted molar refractivity (Wildman–Crippen MR) is 137 cm³/mol. The van der Waals surface area contributed by atoms with Crippen molar-refractivity contribution in [3.63, 3.8) is 0 Å². The molecule has 0 fully saturated rings. The highest BCUT2D eigenvalue weighted by molar-refractivity contribution is 6.44. The molecule has 0 saturated heterocycles. The van der Waals surface area contributed by atoms with E-state index in [-0.39, 0.29) is 18.2 Å². The Hall–Kier alpha value is -3.36. The Bertz CT molecular complexity index is 1230. The molecule has 0 saturated carbocycles. The van der Waals surface area contributed by atoms with E-state index in [1.807, 2.05) is 48.0 Å². The number of halogens is 1. The molecular weight excluding hydrogens is 452 g/mol. The number of nitrogens with zero attached hydrogens (tertiary/aromatic N) is 3. The molecule has 1 amide bonds. The van der Waals surface area contributed by atoms with Gasteiger partial charge in [0.05, 0.1) is 6.61 Å². The molecule has 0 atom stereocenters. The predicted octanol–water partition coefficient (Wildman–Crippen LogP) is 3.53. The summed E-state index contributed by atoms with van der Waals surface area (Å²) in [6.45, 7) is 2.66. The first-order valence-electron chi connectivity index (χ1n) is 11.0. The second-order valence-electron chi connectivity index (χ2n) is 8.10. The second kappa shape index (κ2) is 11.2. The summed E-state index contributed by atoms with van der Waals surface area (Å²) < 4.78 is 8.18. The molecule has 180 valence electrons. The monoisotopic (exact) mass is 482 g/mol. The van der Waals surface area contributed by atoms with Gasteiger partial charge in [-0.15, -0.1) is 0 Å². The molecule has 0 aliphatic carbocycles. The average Bonchev–Trinajstić information content (AvgIpc) is 3.22. The molecule has 1 aromatic carbocycles. The summed E-state index contributed by atoms with van der Waals surface area (Å²) in [6, 6.07) is 9.47. The van der Waals surface area contributed by atoms with Gasteiger partial charge in [-0.1, -0.05) is 11.6 Å². The van der Waals surface area contributed by atoms with Gasteiger partial charge in [0.15, 0.2) is 0 Å². The third-order valence-electron chi connectivity index (χ3n) is 5.60. The van der Waals surface area contributed by atoms with Crippen LogP contribution in [-0.4, -0.2) is 60.2 Å². The van der Waals surface area contributed by atoms with Crippen molar-refractivity contribution in [3.05, 3.63) is 64.7 Å².